The molecule has 3 aromatic carbocycles. The summed E-state index contributed by atoms with van der Waals surface area (Å²) in [5.41, 5.74) is 2.16. The number of aryl methyl sites for hydroxylation is 1. The number of aromatic nitrogens is 3. The monoisotopic (exact) mass is 531 g/mol. The molecule has 1 saturated heterocycles. The number of benzene rings is 3. The second-order valence-corrected chi connectivity index (χ2v) is 9.61. The van der Waals surface area contributed by atoms with Gasteiger partial charge in [-0.2, -0.15) is 5.10 Å². The number of hydrogen-bond acceptors (Lipinski definition) is 5. The zero-order chi connectivity index (χ0) is 27.4. The first-order chi connectivity index (χ1) is 18.8. The molecule has 1 fully saturated rings. The lowest BCUT2D eigenvalue weighted by atomic mass is 9.96. The number of hydrogen-bond donors (Lipinski definition) is 1. The van der Waals surface area contributed by atoms with Crippen LogP contribution in [0.1, 0.15) is 17.5 Å². The van der Waals surface area contributed by atoms with E-state index in [1.165, 1.54) is 41.6 Å². The number of anilines is 1. The van der Waals surface area contributed by atoms with Gasteiger partial charge in [-0.1, -0.05) is 12.1 Å². The fraction of sp³-hybridized carbons (Fsp3) is 0.241. The summed E-state index contributed by atoms with van der Waals surface area (Å²) < 4.78 is 34.0. The molecule has 0 bridgehead atoms. The van der Waals surface area contributed by atoms with E-state index in [1.54, 1.807) is 54.3 Å². The molecule has 0 saturated carbocycles. The van der Waals surface area contributed by atoms with Crippen LogP contribution in [0.5, 0.6) is 11.5 Å². The molecule has 1 aliphatic rings. The van der Waals surface area contributed by atoms with E-state index in [0.717, 1.165) is 5.56 Å². The number of carbonyl (C=O) groups excluding carboxylic acids is 2. The van der Waals surface area contributed by atoms with Crippen LogP contribution in [0.25, 0.3) is 0 Å². The van der Waals surface area contributed by atoms with E-state index in [0.29, 0.717) is 42.1 Å². The highest BCUT2D eigenvalue weighted by Gasteiger charge is 2.39. The lowest BCUT2D eigenvalue weighted by Crippen LogP contribution is -2.44. The van der Waals surface area contributed by atoms with Gasteiger partial charge in [0.1, 0.15) is 48.4 Å². The molecular weight excluding hydrogens is 504 g/mol. The van der Waals surface area contributed by atoms with Crippen LogP contribution in [0.4, 0.5) is 14.5 Å². The summed E-state index contributed by atoms with van der Waals surface area (Å²) in [6.45, 7) is 2.13. The summed E-state index contributed by atoms with van der Waals surface area (Å²) in [6.07, 6.45) is 3.89. The van der Waals surface area contributed by atoms with Gasteiger partial charge in [0.05, 0.1) is 0 Å². The zero-order valence-electron chi connectivity index (χ0n) is 21.3. The van der Waals surface area contributed by atoms with Crippen molar-refractivity contribution in [3.63, 3.8) is 0 Å². The summed E-state index contributed by atoms with van der Waals surface area (Å²) in [6, 6.07) is 16.7. The highest BCUT2D eigenvalue weighted by atomic mass is 19.1. The van der Waals surface area contributed by atoms with Crippen LogP contribution in [0, 0.1) is 24.5 Å². The molecule has 0 aliphatic carbocycles. The molecule has 1 aromatic heterocycles. The standard InChI is InChI=1S/C29H27F2N5O3/c1-19-12-23(31)6-11-27(19)39-25-9-7-24(8-10-25)34-29(38)26-14-21(13-20-2-4-22(30)5-3-20)15-36(26)28(37)16-35-18-32-17-33-35/h2-12,17-18,21,26H,13-16H2,1H3,(H,34,38)/t21-,26+/m1/s1. The maximum atomic E-state index is 13.4. The van der Waals surface area contributed by atoms with Crippen molar-refractivity contribution in [3.05, 3.63) is 102 Å². The lowest BCUT2D eigenvalue weighted by molar-refractivity contribution is -0.137. The Morgan fingerprint density at radius 1 is 1.03 bits per heavy atom. The first kappa shape index (κ1) is 26.0. The van der Waals surface area contributed by atoms with Gasteiger partial charge in [0.2, 0.25) is 11.8 Å². The Balaban J connectivity index is 1.27. The number of rotatable bonds is 8. The van der Waals surface area contributed by atoms with Crippen molar-refractivity contribution < 1.29 is 23.1 Å². The SMILES string of the molecule is Cc1cc(F)ccc1Oc1ccc(NC(=O)[C@@H]2C[C@@H](Cc3ccc(F)cc3)CN2C(=O)Cn2cncn2)cc1. The molecule has 0 unspecified atom stereocenters. The quantitative estimate of drug-likeness (QED) is 0.354. The maximum absolute atomic E-state index is 13.4. The van der Waals surface area contributed by atoms with E-state index in [-0.39, 0.29) is 35.9 Å². The molecule has 2 atom stereocenters. The fourth-order valence-corrected chi connectivity index (χ4v) is 4.78. The van der Waals surface area contributed by atoms with Gasteiger partial charge in [-0.15, -0.1) is 0 Å². The molecule has 1 N–H and O–H groups in total. The van der Waals surface area contributed by atoms with Gasteiger partial charge < -0.3 is 15.0 Å². The average Bonchev–Trinajstić information content (AvgIpc) is 3.58. The Bertz CT molecular complexity index is 1440. The highest BCUT2D eigenvalue weighted by Crippen LogP contribution is 2.29. The second-order valence-electron chi connectivity index (χ2n) is 9.61. The predicted molar refractivity (Wildman–Crippen MR) is 140 cm³/mol. The molecule has 39 heavy (non-hydrogen) atoms. The summed E-state index contributed by atoms with van der Waals surface area (Å²) in [4.78, 5) is 32.0. The number of halogens is 2. The van der Waals surface area contributed by atoms with Crippen molar-refractivity contribution in [2.24, 2.45) is 5.92 Å². The van der Waals surface area contributed by atoms with Crippen LogP contribution in [-0.4, -0.2) is 44.1 Å². The number of nitrogens with one attached hydrogen (secondary N) is 1. The Hall–Kier alpha value is -4.60. The topological polar surface area (TPSA) is 89.4 Å². The Kier molecular flexibility index (Phi) is 7.62. The Morgan fingerprint density at radius 3 is 2.46 bits per heavy atom. The molecule has 5 rings (SSSR count). The van der Waals surface area contributed by atoms with Crippen LogP contribution in [0.15, 0.2) is 79.4 Å². The van der Waals surface area contributed by atoms with E-state index < -0.39 is 6.04 Å². The van der Waals surface area contributed by atoms with E-state index in [1.807, 2.05) is 0 Å². The second kappa shape index (κ2) is 11.4. The lowest BCUT2D eigenvalue weighted by Gasteiger charge is -2.24. The first-order valence-corrected chi connectivity index (χ1v) is 12.6. The van der Waals surface area contributed by atoms with Crippen molar-refractivity contribution >= 4 is 17.5 Å². The minimum Gasteiger partial charge on any atom is -0.457 e. The van der Waals surface area contributed by atoms with Gasteiger partial charge in [-0.25, -0.2) is 18.4 Å². The minimum absolute atomic E-state index is 0.0259. The molecule has 1 aliphatic heterocycles. The Labute approximate surface area is 224 Å². The van der Waals surface area contributed by atoms with Crippen molar-refractivity contribution in [1.82, 2.24) is 19.7 Å². The fourth-order valence-electron chi connectivity index (χ4n) is 4.78. The molecule has 0 spiro atoms. The Morgan fingerprint density at radius 2 is 1.77 bits per heavy atom. The normalized spacial score (nSPS) is 16.7. The van der Waals surface area contributed by atoms with Crippen LogP contribution in [-0.2, 0) is 22.6 Å². The van der Waals surface area contributed by atoms with Crippen LogP contribution in [0.2, 0.25) is 0 Å². The minimum atomic E-state index is -0.677. The van der Waals surface area contributed by atoms with Crippen molar-refractivity contribution in [2.75, 3.05) is 11.9 Å². The molecule has 8 nitrogen and oxygen atoms in total. The van der Waals surface area contributed by atoms with Gasteiger partial charge in [-0.05, 0) is 91.4 Å². The first-order valence-electron chi connectivity index (χ1n) is 12.6. The zero-order valence-corrected chi connectivity index (χ0v) is 21.3. The third-order valence-corrected chi connectivity index (χ3v) is 6.70. The molecule has 10 heteroatoms. The molecule has 2 heterocycles. The largest absolute Gasteiger partial charge is 0.457 e. The third kappa shape index (κ3) is 6.46. The van der Waals surface area contributed by atoms with Gasteiger partial charge in [-0.3, -0.25) is 9.59 Å². The van der Waals surface area contributed by atoms with Gasteiger partial charge in [0.25, 0.3) is 0 Å². The van der Waals surface area contributed by atoms with Crippen molar-refractivity contribution in [1.29, 1.82) is 0 Å². The number of carbonyl (C=O) groups is 2. The predicted octanol–water partition coefficient (Wildman–Crippen LogP) is 4.76. The van der Waals surface area contributed by atoms with E-state index in [4.69, 9.17) is 4.74 Å². The number of nitrogens with zero attached hydrogens (tertiary/aromatic N) is 4. The van der Waals surface area contributed by atoms with Crippen molar-refractivity contribution in [3.8, 4) is 11.5 Å². The number of amides is 2. The van der Waals surface area contributed by atoms with Crippen LogP contribution >= 0.6 is 0 Å². The number of likely N-dealkylation sites (tertiary alicyclic amines) is 1. The maximum Gasteiger partial charge on any atom is 0.247 e. The highest BCUT2D eigenvalue weighted by molar-refractivity contribution is 5.97. The van der Waals surface area contributed by atoms with Crippen molar-refractivity contribution in [2.45, 2.75) is 32.4 Å². The summed E-state index contributed by atoms with van der Waals surface area (Å²) in [7, 11) is 0. The summed E-state index contributed by atoms with van der Waals surface area (Å²) >= 11 is 0. The molecule has 0 radical (unpaired) electrons. The third-order valence-electron chi connectivity index (χ3n) is 6.70. The van der Waals surface area contributed by atoms with Gasteiger partial charge >= 0.3 is 0 Å². The molecule has 4 aromatic rings. The van der Waals surface area contributed by atoms with E-state index >= 15 is 0 Å². The smallest absolute Gasteiger partial charge is 0.247 e. The summed E-state index contributed by atoms with van der Waals surface area (Å²) in [5, 5.41) is 6.91. The summed E-state index contributed by atoms with van der Waals surface area (Å²) in [5.74, 6) is -0.0804. The molecule has 2 amide bonds. The van der Waals surface area contributed by atoms with Crippen LogP contribution in [0.3, 0.4) is 0 Å². The molecule has 200 valence electrons. The van der Waals surface area contributed by atoms with Gasteiger partial charge in [0.15, 0.2) is 0 Å². The molecular formula is C29H27F2N5O3. The van der Waals surface area contributed by atoms with E-state index in [9.17, 15) is 18.4 Å². The number of ether oxygens (including phenoxy) is 1. The average molecular weight is 532 g/mol. The van der Waals surface area contributed by atoms with Gasteiger partial charge in [0, 0.05) is 12.2 Å². The van der Waals surface area contributed by atoms with Crippen LogP contribution < -0.4 is 10.1 Å². The van der Waals surface area contributed by atoms with E-state index in [2.05, 4.69) is 15.4 Å².